The van der Waals surface area contributed by atoms with Gasteiger partial charge in [-0.2, -0.15) is 0 Å². The van der Waals surface area contributed by atoms with Gasteiger partial charge in [-0.05, 0) is 32.3 Å². The highest BCUT2D eigenvalue weighted by molar-refractivity contribution is 14.1. The van der Waals surface area contributed by atoms with Crippen LogP contribution in [0.15, 0.2) is 24.3 Å². The van der Waals surface area contributed by atoms with E-state index in [4.69, 9.17) is 4.74 Å². The predicted octanol–water partition coefficient (Wildman–Crippen LogP) is 4.05. The molecule has 2 rings (SSSR count). The van der Waals surface area contributed by atoms with Gasteiger partial charge in [0.15, 0.2) is 0 Å². The second-order valence-corrected chi connectivity index (χ2v) is 5.28. The maximum atomic E-state index is 13.8. The van der Waals surface area contributed by atoms with Gasteiger partial charge in [-0.25, -0.2) is 4.39 Å². The Morgan fingerprint density at radius 2 is 2.12 bits per heavy atom. The first-order valence-corrected chi connectivity index (χ1v) is 7.17. The molecule has 1 atom stereocenters. The van der Waals surface area contributed by atoms with Crippen LogP contribution in [0.5, 0.6) is 0 Å². The van der Waals surface area contributed by atoms with Gasteiger partial charge < -0.3 is 4.74 Å². The van der Waals surface area contributed by atoms with E-state index in [0.29, 0.717) is 11.7 Å². The summed E-state index contributed by atoms with van der Waals surface area (Å²) in [5.74, 6) is -0.166. The van der Waals surface area contributed by atoms with E-state index in [1.807, 2.05) is 19.1 Å². The molecule has 1 aromatic rings. The zero-order valence-corrected chi connectivity index (χ0v) is 11.5. The van der Waals surface area contributed by atoms with Gasteiger partial charge in [-0.1, -0.05) is 40.8 Å². The Morgan fingerprint density at radius 3 is 2.62 bits per heavy atom. The highest BCUT2D eigenvalue weighted by Gasteiger charge is 2.34. The molecule has 88 valence electrons. The zero-order chi connectivity index (χ0) is 11.6. The average Bonchev–Trinajstić information content (AvgIpc) is 2.24. The Hall–Kier alpha value is -0.160. The van der Waals surface area contributed by atoms with E-state index in [-0.39, 0.29) is 5.82 Å². The van der Waals surface area contributed by atoms with E-state index in [0.717, 1.165) is 17.3 Å². The van der Waals surface area contributed by atoms with Crippen molar-refractivity contribution in [2.45, 2.75) is 37.9 Å². The lowest BCUT2D eigenvalue weighted by atomic mass is 9.92. The van der Waals surface area contributed by atoms with Gasteiger partial charge in [-0.15, -0.1) is 0 Å². The molecule has 1 aliphatic rings. The molecule has 0 radical (unpaired) electrons. The van der Waals surface area contributed by atoms with E-state index in [1.54, 1.807) is 6.07 Å². The summed E-state index contributed by atoms with van der Waals surface area (Å²) in [5.41, 5.74) is 0.188. The van der Waals surface area contributed by atoms with Gasteiger partial charge in [0.25, 0.3) is 0 Å². The number of hydrogen-bond acceptors (Lipinski definition) is 1. The Bertz CT molecular complexity index is 365. The van der Waals surface area contributed by atoms with Gasteiger partial charge in [0.2, 0.25) is 0 Å². The fourth-order valence-electron chi connectivity index (χ4n) is 1.91. The largest absolute Gasteiger partial charge is 0.366 e. The molecule has 0 aromatic heterocycles. The third kappa shape index (κ3) is 2.40. The van der Waals surface area contributed by atoms with Crippen molar-refractivity contribution in [3.05, 3.63) is 35.6 Å². The summed E-state index contributed by atoms with van der Waals surface area (Å²) in [5, 5.41) is 0. The average molecular weight is 334 g/mol. The van der Waals surface area contributed by atoms with Gasteiger partial charge in [-0.3, -0.25) is 0 Å². The number of alkyl halides is 1. The minimum Gasteiger partial charge on any atom is -0.366 e. The number of rotatable bonds is 4. The molecule has 1 unspecified atom stereocenters. The van der Waals surface area contributed by atoms with Crippen LogP contribution < -0.4 is 0 Å². The quantitative estimate of drug-likeness (QED) is 0.596. The molecule has 0 aliphatic heterocycles. The molecule has 16 heavy (non-hydrogen) atoms. The van der Waals surface area contributed by atoms with E-state index in [1.165, 1.54) is 12.5 Å². The van der Waals surface area contributed by atoms with E-state index in [2.05, 4.69) is 22.6 Å². The van der Waals surface area contributed by atoms with Crippen molar-refractivity contribution in [2.24, 2.45) is 0 Å². The molecule has 0 saturated heterocycles. The van der Waals surface area contributed by atoms with E-state index >= 15 is 0 Å². The zero-order valence-electron chi connectivity index (χ0n) is 9.38. The van der Waals surface area contributed by atoms with Crippen LogP contribution >= 0.6 is 22.6 Å². The van der Waals surface area contributed by atoms with Crippen LogP contribution in [0.1, 0.15) is 31.7 Å². The lowest BCUT2D eigenvalue weighted by Gasteiger charge is -2.37. The second kappa shape index (κ2) is 5.00. The maximum absolute atomic E-state index is 13.8. The summed E-state index contributed by atoms with van der Waals surface area (Å²) in [4.78, 5) is 0. The molecular weight excluding hydrogens is 318 g/mol. The molecule has 0 heterocycles. The summed E-state index contributed by atoms with van der Waals surface area (Å²) in [6.07, 6.45) is 3.78. The lowest BCUT2D eigenvalue weighted by molar-refractivity contribution is -0.103. The van der Waals surface area contributed by atoms with E-state index < -0.39 is 5.60 Å². The van der Waals surface area contributed by atoms with Crippen LogP contribution in [0.4, 0.5) is 4.39 Å². The van der Waals surface area contributed by atoms with E-state index in [9.17, 15) is 4.39 Å². The first-order chi connectivity index (χ1) is 7.65. The van der Waals surface area contributed by atoms with Crippen LogP contribution in [0.25, 0.3) is 0 Å². The van der Waals surface area contributed by atoms with Crippen LogP contribution in [0.3, 0.4) is 0 Å². The summed E-state index contributed by atoms with van der Waals surface area (Å²) in [6, 6.07) is 6.92. The minimum absolute atomic E-state index is 0.166. The monoisotopic (exact) mass is 334 g/mol. The van der Waals surface area contributed by atoms with Crippen molar-refractivity contribution >= 4 is 22.6 Å². The summed E-state index contributed by atoms with van der Waals surface area (Å²) in [7, 11) is 0. The van der Waals surface area contributed by atoms with Crippen LogP contribution in [0, 0.1) is 5.82 Å². The second-order valence-electron chi connectivity index (χ2n) is 4.52. The third-order valence-electron chi connectivity index (χ3n) is 3.18. The molecule has 0 amide bonds. The van der Waals surface area contributed by atoms with Gasteiger partial charge in [0.1, 0.15) is 11.4 Å². The normalized spacial score (nSPS) is 20.2. The Balaban J connectivity index is 2.22. The van der Waals surface area contributed by atoms with Crippen molar-refractivity contribution in [1.82, 2.24) is 0 Å². The topological polar surface area (TPSA) is 9.23 Å². The van der Waals surface area contributed by atoms with Gasteiger partial charge in [0.05, 0.1) is 6.10 Å². The molecule has 1 aliphatic carbocycles. The number of ether oxygens (including phenoxy) is 1. The number of hydrogen-bond donors (Lipinski definition) is 0. The van der Waals surface area contributed by atoms with Crippen molar-refractivity contribution in [2.75, 3.05) is 4.43 Å². The first-order valence-electron chi connectivity index (χ1n) is 5.64. The van der Waals surface area contributed by atoms with Crippen molar-refractivity contribution in [3.63, 3.8) is 0 Å². The Morgan fingerprint density at radius 1 is 1.44 bits per heavy atom. The standard InChI is InChI=1S/C13H16FIO/c1-13(9-15,16-10-5-4-6-10)11-7-2-3-8-12(11)14/h2-3,7-8,10H,4-6,9H2,1H3. The highest BCUT2D eigenvalue weighted by atomic mass is 127. The lowest BCUT2D eigenvalue weighted by Crippen LogP contribution is -2.36. The smallest absolute Gasteiger partial charge is 0.129 e. The molecule has 1 aromatic carbocycles. The van der Waals surface area contributed by atoms with Crippen molar-refractivity contribution < 1.29 is 9.13 Å². The number of halogens is 2. The van der Waals surface area contributed by atoms with Crippen LogP contribution in [0.2, 0.25) is 0 Å². The fourth-order valence-corrected chi connectivity index (χ4v) is 2.50. The van der Waals surface area contributed by atoms with Gasteiger partial charge in [0, 0.05) is 9.99 Å². The molecule has 1 fully saturated rings. The maximum Gasteiger partial charge on any atom is 0.129 e. The Kier molecular flexibility index (Phi) is 3.85. The third-order valence-corrected chi connectivity index (χ3v) is 4.63. The molecule has 0 spiro atoms. The summed E-state index contributed by atoms with van der Waals surface area (Å²) in [6.45, 7) is 1.98. The molecular formula is C13H16FIO. The predicted molar refractivity (Wildman–Crippen MR) is 71.4 cm³/mol. The van der Waals surface area contributed by atoms with Gasteiger partial charge >= 0.3 is 0 Å². The molecule has 3 heteroatoms. The SMILES string of the molecule is CC(CI)(OC1CCC1)c1ccccc1F. The highest BCUT2D eigenvalue weighted by Crippen LogP contribution is 2.35. The van der Waals surface area contributed by atoms with Crippen molar-refractivity contribution in [1.29, 1.82) is 0 Å². The minimum atomic E-state index is -0.489. The van der Waals surface area contributed by atoms with Crippen LogP contribution in [-0.4, -0.2) is 10.5 Å². The Labute approximate surface area is 110 Å². The first kappa shape index (κ1) is 12.3. The molecule has 1 nitrogen and oxygen atoms in total. The fraction of sp³-hybridized carbons (Fsp3) is 0.538. The molecule has 1 saturated carbocycles. The molecule has 0 bridgehead atoms. The van der Waals surface area contributed by atoms with Crippen LogP contribution in [-0.2, 0) is 10.3 Å². The summed E-state index contributed by atoms with van der Waals surface area (Å²) < 4.78 is 20.6. The molecule has 0 N–H and O–H groups in total. The van der Waals surface area contributed by atoms with Crippen molar-refractivity contribution in [3.8, 4) is 0 Å². The number of benzene rings is 1. The summed E-state index contributed by atoms with van der Waals surface area (Å²) >= 11 is 2.27.